The van der Waals surface area contributed by atoms with Crippen LogP contribution in [0.5, 0.6) is 0 Å². The molecule has 1 aromatic carbocycles. The maximum Gasteiger partial charge on any atom is 0.272 e. The Morgan fingerprint density at radius 2 is 1.73 bits per heavy atom. The molecular weight excluding hydrogens is 274 g/mol. The summed E-state index contributed by atoms with van der Waals surface area (Å²) in [5.41, 5.74) is 3.99. The molecule has 3 aromatic rings. The quantitative estimate of drug-likeness (QED) is 0.749. The summed E-state index contributed by atoms with van der Waals surface area (Å²) in [6.07, 6.45) is 3.66. The van der Waals surface area contributed by atoms with E-state index in [1.54, 1.807) is 0 Å². The van der Waals surface area contributed by atoms with Crippen LogP contribution in [0.3, 0.4) is 0 Å². The number of aromatic amines is 1. The van der Waals surface area contributed by atoms with Crippen LogP contribution >= 0.6 is 0 Å². The lowest BCUT2D eigenvalue weighted by Gasteiger charge is -2.19. The van der Waals surface area contributed by atoms with E-state index < -0.39 is 0 Å². The molecule has 1 aliphatic heterocycles. The van der Waals surface area contributed by atoms with Gasteiger partial charge in [0, 0.05) is 24.7 Å². The highest BCUT2D eigenvalue weighted by molar-refractivity contribution is 5.94. The van der Waals surface area contributed by atoms with Crippen LogP contribution < -0.4 is 0 Å². The van der Waals surface area contributed by atoms with Crippen LogP contribution in [0, 0.1) is 0 Å². The highest BCUT2D eigenvalue weighted by Crippen LogP contribution is 2.17. The van der Waals surface area contributed by atoms with E-state index in [-0.39, 0.29) is 5.91 Å². The predicted octanol–water partition coefficient (Wildman–Crippen LogP) is 2.80. The third-order valence-corrected chi connectivity index (χ3v) is 4.34. The molecule has 0 atom stereocenters. The van der Waals surface area contributed by atoms with Crippen molar-refractivity contribution in [3.05, 3.63) is 65.5 Å². The smallest absolute Gasteiger partial charge is 0.272 e. The largest absolute Gasteiger partial charge is 0.346 e. The average Bonchev–Trinajstić information content (AvgIpc) is 2.92. The van der Waals surface area contributed by atoms with E-state index in [1.165, 1.54) is 11.1 Å². The molecule has 0 spiro atoms. The van der Waals surface area contributed by atoms with Gasteiger partial charge in [-0.1, -0.05) is 24.3 Å². The summed E-state index contributed by atoms with van der Waals surface area (Å²) >= 11 is 0. The molecule has 22 heavy (non-hydrogen) atoms. The Morgan fingerprint density at radius 1 is 1.00 bits per heavy atom. The number of pyridine rings is 1. The topological polar surface area (TPSA) is 49.0 Å². The highest BCUT2D eigenvalue weighted by atomic mass is 16.2. The Labute approximate surface area is 128 Å². The highest BCUT2D eigenvalue weighted by Gasteiger charge is 2.20. The van der Waals surface area contributed by atoms with E-state index in [0.717, 1.165) is 37.0 Å². The Balaban J connectivity index is 1.58. The number of carbonyl (C=O) groups excluding carboxylic acids is 1. The van der Waals surface area contributed by atoms with Crippen LogP contribution in [0.1, 0.15) is 21.6 Å². The first kappa shape index (κ1) is 13.1. The summed E-state index contributed by atoms with van der Waals surface area (Å²) in [6.45, 7) is 1.50. The maximum absolute atomic E-state index is 12.7. The normalized spacial score (nSPS) is 14.6. The van der Waals surface area contributed by atoms with Gasteiger partial charge in [0.05, 0.1) is 0 Å². The lowest BCUT2D eigenvalue weighted by molar-refractivity contribution is 0.0757. The molecule has 0 saturated heterocycles. The van der Waals surface area contributed by atoms with Crippen molar-refractivity contribution in [2.75, 3.05) is 13.1 Å². The average molecular weight is 291 g/mol. The third-order valence-electron chi connectivity index (χ3n) is 4.34. The molecule has 0 saturated carbocycles. The van der Waals surface area contributed by atoms with Crippen LogP contribution in [0.4, 0.5) is 0 Å². The van der Waals surface area contributed by atoms with Gasteiger partial charge in [0.1, 0.15) is 11.3 Å². The van der Waals surface area contributed by atoms with Crippen molar-refractivity contribution >= 4 is 16.9 Å². The van der Waals surface area contributed by atoms with Crippen molar-refractivity contribution in [3.8, 4) is 0 Å². The van der Waals surface area contributed by atoms with Gasteiger partial charge in [0.2, 0.25) is 0 Å². The minimum absolute atomic E-state index is 0.0179. The number of benzene rings is 1. The number of nitrogens with zero attached hydrogens (tertiary/aromatic N) is 2. The monoisotopic (exact) mass is 291 g/mol. The van der Waals surface area contributed by atoms with Crippen molar-refractivity contribution in [1.29, 1.82) is 0 Å². The van der Waals surface area contributed by atoms with Crippen LogP contribution in [-0.2, 0) is 12.8 Å². The minimum atomic E-state index is 0.0179. The van der Waals surface area contributed by atoms with Gasteiger partial charge in [-0.15, -0.1) is 0 Å². The summed E-state index contributed by atoms with van der Waals surface area (Å²) < 4.78 is 0. The number of nitrogens with one attached hydrogen (secondary N) is 1. The zero-order valence-electron chi connectivity index (χ0n) is 12.2. The molecule has 0 aliphatic carbocycles. The van der Waals surface area contributed by atoms with Crippen LogP contribution in [-0.4, -0.2) is 33.9 Å². The van der Waals surface area contributed by atoms with Gasteiger partial charge < -0.3 is 9.88 Å². The van der Waals surface area contributed by atoms with Gasteiger partial charge >= 0.3 is 0 Å². The number of carbonyl (C=O) groups is 1. The number of fused-ring (bicyclic) bond motifs is 2. The second-order valence-corrected chi connectivity index (χ2v) is 5.67. The molecule has 110 valence electrons. The zero-order valence-corrected chi connectivity index (χ0v) is 12.2. The van der Waals surface area contributed by atoms with Crippen molar-refractivity contribution in [2.24, 2.45) is 0 Å². The molecule has 1 amide bonds. The van der Waals surface area contributed by atoms with Gasteiger partial charge in [0.25, 0.3) is 5.91 Å². The lowest BCUT2D eigenvalue weighted by Crippen LogP contribution is -2.33. The molecule has 0 unspecified atom stereocenters. The molecule has 4 nitrogen and oxygen atoms in total. The van der Waals surface area contributed by atoms with E-state index in [4.69, 9.17) is 0 Å². The zero-order chi connectivity index (χ0) is 14.9. The number of hydrogen-bond donors (Lipinski definition) is 1. The molecule has 0 radical (unpaired) electrons. The fraction of sp³-hybridized carbons (Fsp3) is 0.222. The van der Waals surface area contributed by atoms with E-state index in [0.29, 0.717) is 5.69 Å². The van der Waals surface area contributed by atoms with Crippen molar-refractivity contribution < 1.29 is 4.79 Å². The van der Waals surface area contributed by atoms with Crippen molar-refractivity contribution in [2.45, 2.75) is 12.8 Å². The van der Waals surface area contributed by atoms with E-state index in [9.17, 15) is 4.79 Å². The SMILES string of the molecule is O=C(c1ccc2cc[nH]c2n1)N1CCc2ccccc2CC1. The molecule has 4 heteroatoms. The second kappa shape index (κ2) is 5.30. The Kier molecular flexibility index (Phi) is 3.15. The first-order valence-corrected chi connectivity index (χ1v) is 7.61. The maximum atomic E-state index is 12.7. The number of hydrogen-bond acceptors (Lipinski definition) is 2. The molecule has 1 aliphatic rings. The van der Waals surface area contributed by atoms with Gasteiger partial charge in [-0.05, 0) is 42.2 Å². The lowest BCUT2D eigenvalue weighted by atomic mass is 10.0. The molecular formula is C18H17N3O. The number of H-pyrrole nitrogens is 1. The minimum Gasteiger partial charge on any atom is -0.346 e. The molecule has 3 heterocycles. The molecule has 0 bridgehead atoms. The van der Waals surface area contributed by atoms with E-state index in [2.05, 4.69) is 34.2 Å². The third kappa shape index (κ3) is 2.26. The summed E-state index contributed by atoms with van der Waals surface area (Å²) in [5, 5.41) is 1.03. The van der Waals surface area contributed by atoms with Crippen LogP contribution in [0.2, 0.25) is 0 Å². The van der Waals surface area contributed by atoms with Gasteiger partial charge in [-0.25, -0.2) is 4.98 Å². The molecule has 1 N–H and O–H groups in total. The first-order valence-electron chi connectivity index (χ1n) is 7.61. The van der Waals surface area contributed by atoms with Gasteiger partial charge in [-0.2, -0.15) is 0 Å². The summed E-state index contributed by atoms with van der Waals surface area (Å²) in [6, 6.07) is 14.2. The fourth-order valence-corrected chi connectivity index (χ4v) is 3.08. The van der Waals surface area contributed by atoms with Crippen molar-refractivity contribution in [1.82, 2.24) is 14.9 Å². The summed E-state index contributed by atoms with van der Waals surface area (Å²) in [5.74, 6) is 0.0179. The number of amides is 1. The number of rotatable bonds is 1. The Morgan fingerprint density at radius 3 is 2.45 bits per heavy atom. The Hall–Kier alpha value is -2.62. The van der Waals surface area contributed by atoms with Crippen molar-refractivity contribution in [3.63, 3.8) is 0 Å². The summed E-state index contributed by atoms with van der Waals surface area (Å²) in [4.78, 5) is 22.1. The second-order valence-electron chi connectivity index (χ2n) is 5.67. The predicted molar refractivity (Wildman–Crippen MR) is 85.8 cm³/mol. The molecule has 4 rings (SSSR count). The number of aromatic nitrogens is 2. The summed E-state index contributed by atoms with van der Waals surface area (Å²) in [7, 11) is 0. The van der Waals surface area contributed by atoms with E-state index in [1.807, 2.05) is 29.3 Å². The van der Waals surface area contributed by atoms with Gasteiger partial charge in [0.15, 0.2) is 0 Å². The Bertz CT molecular complexity index is 810. The van der Waals surface area contributed by atoms with Crippen LogP contribution in [0.15, 0.2) is 48.7 Å². The molecule has 0 fully saturated rings. The molecule has 2 aromatic heterocycles. The first-order chi connectivity index (χ1) is 10.8. The van der Waals surface area contributed by atoms with Gasteiger partial charge in [-0.3, -0.25) is 4.79 Å². The van der Waals surface area contributed by atoms with E-state index >= 15 is 0 Å². The fourth-order valence-electron chi connectivity index (χ4n) is 3.08. The van der Waals surface area contributed by atoms with Crippen LogP contribution in [0.25, 0.3) is 11.0 Å². The standard InChI is InChI=1S/C18H17N3O/c22-18(16-6-5-15-7-10-19-17(15)20-16)21-11-8-13-3-1-2-4-14(13)9-12-21/h1-7,10H,8-9,11-12H2,(H,19,20).